The third kappa shape index (κ3) is 6.56. The minimum absolute atomic E-state index is 0.0521. The van der Waals surface area contributed by atoms with Crippen LogP contribution in [0, 0.1) is 12.3 Å². The van der Waals surface area contributed by atoms with E-state index in [2.05, 4.69) is 32.1 Å². The van der Waals surface area contributed by atoms with Gasteiger partial charge in [0.25, 0.3) is 0 Å². The van der Waals surface area contributed by atoms with Gasteiger partial charge in [-0.2, -0.15) is 0 Å². The summed E-state index contributed by atoms with van der Waals surface area (Å²) >= 11 is 1.47. The van der Waals surface area contributed by atoms with Crippen molar-refractivity contribution < 1.29 is 14.3 Å². The maximum absolute atomic E-state index is 13.6. The number of likely N-dealkylation sites (N-methyl/N-ethyl adjacent to an activating group) is 1. The zero-order chi connectivity index (χ0) is 24.5. The lowest BCUT2D eigenvalue weighted by atomic mass is 10.1. The Labute approximate surface area is 204 Å². The van der Waals surface area contributed by atoms with E-state index in [0.29, 0.717) is 18.2 Å². The molecule has 11 heteroatoms. The average Bonchev–Trinajstić information content (AvgIpc) is 3.50. The van der Waals surface area contributed by atoms with E-state index >= 15 is 0 Å². The number of tetrazole rings is 1. The van der Waals surface area contributed by atoms with Crippen molar-refractivity contribution >= 4 is 23.6 Å². The Balaban J connectivity index is 1.74. The number of benzene rings is 1. The molecule has 0 saturated carbocycles. The van der Waals surface area contributed by atoms with Crippen molar-refractivity contribution in [2.75, 3.05) is 20.2 Å². The van der Waals surface area contributed by atoms with Gasteiger partial charge in [-0.05, 0) is 68.1 Å². The Kier molecular flexibility index (Phi) is 9.44. The predicted molar refractivity (Wildman–Crippen MR) is 128 cm³/mol. The molecule has 1 unspecified atom stereocenters. The summed E-state index contributed by atoms with van der Waals surface area (Å²) in [4.78, 5) is 29.0. The quantitative estimate of drug-likeness (QED) is 0.452. The molecular weight excluding hydrogens is 454 g/mol. The Morgan fingerprint density at radius 3 is 2.79 bits per heavy atom. The van der Waals surface area contributed by atoms with Crippen LogP contribution in [0.3, 0.4) is 0 Å². The molecule has 4 atom stereocenters. The standard InChI is InChI=1S/C23H31N7O3S/c1-5-14-33-17(3)20(25-21(31)16(2)24-4)22(32)29-13-9-10-18(29)15-30-23(26-27-28-30)34-19-11-7-6-8-12-19/h1,6-8,11-12,16-18,20,24H,9-10,13-15H2,2-4H3,(H,25,31)/t16?,17-,18+,20+/m1/s1. The Hall–Kier alpha value is -2.94. The SMILES string of the molecule is C#CCO[C@H](C)[C@H](NC(=O)C(C)NC)C(=O)N1CCC[C@H]1Cn1nnnc1Sc1ccccc1. The zero-order valence-electron chi connectivity index (χ0n) is 19.7. The van der Waals surface area contributed by atoms with Gasteiger partial charge >= 0.3 is 0 Å². The third-order valence-corrected chi connectivity index (χ3v) is 6.77. The number of ether oxygens (including phenoxy) is 1. The maximum Gasteiger partial charge on any atom is 0.248 e. The van der Waals surface area contributed by atoms with Crippen molar-refractivity contribution in [3.05, 3.63) is 30.3 Å². The summed E-state index contributed by atoms with van der Waals surface area (Å²) in [7, 11) is 1.69. The molecule has 3 rings (SSSR count). The molecule has 10 nitrogen and oxygen atoms in total. The van der Waals surface area contributed by atoms with Crippen LogP contribution in [0.4, 0.5) is 0 Å². The first-order valence-electron chi connectivity index (χ1n) is 11.3. The first-order chi connectivity index (χ1) is 16.4. The number of rotatable bonds is 11. The highest BCUT2D eigenvalue weighted by Crippen LogP contribution is 2.27. The molecule has 1 saturated heterocycles. The molecule has 0 spiro atoms. The Bertz CT molecular complexity index is 994. The van der Waals surface area contributed by atoms with Crippen LogP contribution in [0.25, 0.3) is 0 Å². The lowest BCUT2D eigenvalue weighted by Crippen LogP contribution is -2.58. The number of aromatic nitrogens is 4. The second-order valence-corrected chi connectivity index (χ2v) is 9.14. The molecule has 0 aliphatic carbocycles. The smallest absolute Gasteiger partial charge is 0.248 e. The number of terminal acetylenes is 1. The van der Waals surface area contributed by atoms with Crippen molar-refractivity contribution in [3.8, 4) is 12.3 Å². The third-order valence-electron chi connectivity index (χ3n) is 5.78. The molecule has 0 bridgehead atoms. The van der Waals surface area contributed by atoms with Crippen LogP contribution in [0.2, 0.25) is 0 Å². The van der Waals surface area contributed by atoms with Gasteiger partial charge in [-0.25, -0.2) is 4.68 Å². The Morgan fingerprint density at radius 2 is 2.09 bits per heavy atom. The zero-order valence-corrected chi connectivity index (χ0v) is 20.5. The molecule has 182 valence electrons. The number of carbonyl (C=O) groups excluding carboxylic acids is 2. The maximum atomic E-state index is 13.6. The van der Waals surface area contributed by atoms with Gasteiger partial charge in [0, 0.05) is 11.4 Å². The molecule has 1 aromatic carbocycles. The number of likely N-dealkylation sites (tertiary alicyclic amines) is 1. The van der Waals surface area contributed by atoms with Crippen molar-refractivity contribution in [3.63, 3.8) is 0 Å². The van der Waals surface area contributed by atoms with Crippen LogP contribution in [0.15, 0.2) is 40.4 Å². The molecule has 34 heavy (non-hydrogen) atoms. The molecule has 1 aliphatic heterocycles. The molecule has 1 aromatic heterocycles. The summed E-state index contributed by atoms with van der Waals surface area (Å²) in [5.41, 5.74) is 0. The highest BCUT2D eigenvalue weighted by molar-refractivity contribution is 7.99. The van der Waals surface area contributed by atoms with E-state index in [1.807, 2.05) is 30.3 Å². The van der Waals surface area contributed by atoms with Gasteiger partial charge in [0.1, 0.15) is 12.6 Å². The van der Waals surface area contributed by atoms with Crippen LogP contribution < -0.4 is 10.6 Å². The van der Waals surface area contributed by atoms with Gasteiger partial charge in [0.05, 0.1) is 24.7 Å². The van der Waals surface area contributed by atoms with Gasteiger partial charge in [-0.15, -0.1) is 11.5 Å². The van der Waals surface area contributed by atoms with E-state index in [4.69, 9.17) is 11.2 Å². The van der Waals surface area contributed by atoms with Crippen LogP contribution >= 0.6 is 11.8 Å². The number of hydrogen-bond acceptors (Lipinski definition) is 8. The van der Waals surface area contributed by atoms with Crippen molar-refractivity contribution in [2.24, 2.45) is 0 Å². The van der Waals surface area contributed by atoms with Gasteiger partial charge < -0.3 is 20.3 Å². The summed E-state index contributed by atoms with van der Waals surface area (Å²) in [6, 6.07) is 8.44. The van der Waals surface area contributed by atoms with Crippen LogP contribution in [-0.4, -0.2) is 81.4 Å². The monoisotopic (exact) mass is 485 g/mol. The van der Waals surface area contributed by atoms with Crippen molar-refractivity contribution in [1.29, 1.82) is 0 Å². The van der Waals surface area contributed by atoms with E-state index in [9.17, 15) is 9.59 Å². The summed E-state index contributed by atoms with van der Waals surface area (Å²) in [5, 5.41) is 18.5. The van der Waals surface area contributed by atoms with E-state index < -0.39 is 18.2 Å². The fraction of sp³-hybridized carbons (Fsp3) is 0.522. The average molecular weight is 486 g/mol. The number of amides is 2. The summed E-state index contributed by atoms with van der Waals surface area (Å²) in [6.45, 7) is 4.57. The molecule has 1 aliphatic rings. The van der Waals surface area contributed by atoms with Crippen LogP contribution in [0.1, 0.15) is 26.7 Å². The van der Waals surface area contributed by atoms with Crippen molar-refractivity contribution in [2.45, 2.75) is 67.5 Å². The second-order valence-electron chi connectivity index (χ2n) is 8.10. The van der Waals surface area contributed by atoms with Crippen LogP contribution in [-0.2, 0) is 20.9 Å². The normalized spacial score (nSPS) is 18.2. The first kappa shape index (κ1) is 25.7. The predicted octanol–water partition coefficient (Wildman–Crippen LogP) is 0.946. The highest BCUT2D eigenvalue weighted by atomic mass is 32.2. The lowest BCUT2D eigenvalue weighted by molar-refractivity contribution is -0.141. The van der Waals surface area contributed by atoms with E-state index in [1.165, 1.54) is 11.8 Å². The topological polar surface area (TPSA) is 114 Å². The number of nitrogens with one attached hydrogen (secondary N) is 2. The summed E-state index contributed by atoms with van der Waals surface area (Å²) in [5.74, 6) is 1.93. The lowest BCUT2D eigenvalue weighted by Gasteiger charge is -2.32. The van der Waals surface area contributed by atoms with E-state index in [-0.39, 0.29) is 24.5 Å². The number of carbonyl (C=O) groups is 2. The summed E-state index contributed by atoms with van der Waals surface area (Å²) < 4.78 is 7.34. The first-order valence-corrected chi connectivity index (χ1v) is 12.1. The fourth-order valence-corrected chi connectivity index (χ4v) is 4.53. The molecule has 2 heterocycles. The van der Waals surface area contributed by atoms with E-state index in [1.54, 1.807) is 30.5 Å². The molecule has 2 aromatic rings. The second kappa shape index (κ2) is 12.5. The number of hydrogen-bond donors (Lipinski definition) is 2. The minimum atomic E-state index is -0.857. The molecule has 2 N–H and O–H groups in total. The fourth-order valence-electron chi connectivity index (χ4n) is 3.74. The number of nitrogens with zero attached hydrogens (tertiary/aromatic N) is 5. The minimum Gasteiger partial charge on any atom is -0.363 e. The summed E-state index contributed by atoms with van der Waals surface area (Å²) in [6.07, 6.45) is 6.40. The van der Waals surface area contributed by atoms with Gasteiger partial charge in [0.15, 0.2) is 0 Å². The molecule has 1 fully saturated rings. The van der Waals surface area contributed by atoms with Gasteiger partial charge in [-0.3, -0.25) is 9.59 Å². The Morgan fingerprint density at radius 1 is 1.32 bits per heavy atom. The van der Waals surface area contributed by atoms with Crippen molar-refractivity contribution in [1.82, 2.24) is 35.7 Å². The highest BCUT2D eigenvalue weighted by Gasteiger charge is 2.38. The molecule has 0 radical (unpaired) electrons. The molecule has 2 amide bonds. The molecular formula is C23H31N7O3S. The van der Waals surface area contributed by atoms with Crippen LogP contribution in [0.5, 0.6) is 0 Å². The van der Waals surface area contributed by atoms with E-state index in [0.717, 1.165) is 17.7 Å². The largest absolute Gasteiger partial charge is 0.363 e. The van der Waals surface area contributed by atoms with Gasteiger partial charge in [0.2, 0.25) is 17.0 Å². The van der Waals surface area contributed by atoms with Gasteiger partial charge in [-0.1, -0.05) is 24.1 Å².